The molecule has 0 fully saturated rings. The van der Waals surface area contributed by atoms with Crippen molar-refractivity contribution in [1.29, 1.82) is 0 Å². The topological polar surface area (TPSA) is 21.7 Å². The Kier molecular flexibility index (Phi) is 7.85. The molecular formula is C14H22BrNO2. The molecule has 0 aromatic heterocycles. The van der Waals surface area contributed by atoms with Crippen molar-refractivity contribution in [3.8, 4) is 11.5 Å². The van der Waals surface area contributed by atoms with Gasteiger partial charge in [0, 0.05) is 11.9 Å². The van der Waals surface area contributed by atoms with Gasteiger partial charge in [-0.1, -0.05) is 28.1 Å². The minimum atomic E-state index is 0.658. The summed E-state index contributed by atoms with van der Waals surface area (Å²) in [7, 11) is 2.11. The molecule has 0 heterocycles. The molecule has 0 amide bonds. The van der Waals surface area contributed by atoms with Gasteiger partial charge in [-0.15, -0.1) is 0 Å². The Morgan fingerprint density at radius 1 is 1.11 bits per heavy atom. The van der Waals surface area contributed by atoms with Crippen LogP contribution in [0.3, 0.4) is 0 Å². The second-order valence-corrected chi connectivity index (χ2v) is 4.87. The first kappa shape index (κ1) is 15.3. The molecule has 0 radical (unpaired) electrons. The zero-order valence-corrected chi connectivity index (χ0v) is 12.8. The quantitative estimate of drug-likeness (QED) is 0.653. The van der Waals surface area contributed by atoms with Gasteiger partial charge in [-0.2, -0.15) is 0 Å². The molecule has 0 unspecified atom stereocenters. The third-order valence-electron chi connectivity index (χ3n) is 2.55. The van der Waals surface area contributed by atoms with Crippen LogP contribution in [-0.2, 0) is 0 Å². The van der Waals surface area contributed by atoms with Crippen LogP contribution in [0.25, 0.3) is 0 Å². The van der Waals surface area contributed by atoms with Gasteiger partial charge >= 0.3 is 0 Å². The average Bonchev–Trinajstić information content (AvgIpc) is 2.38. The second kappa shape index (κ2) is 9.22. The molecule has 0 aliphatic carbocycles. The maximum atomic E-state index is 5.76. The summed E-state index contributed by atoms with van der Waals surface area (Å²) in [6.45, 7) is 5.33. The number of halogens is 1. The average molecular weight is 316 g/mol. The number of para-hydroxylation sites is 2. The molecular weight excluding hydrogens is 294 g/mol. The van der Waals surface area contributed by atoms with Gasteiger partial charge in [0.15, 0.2) is 11.5 Å². The number of nitrogens with zero attached hydrogens (tertiary/aromatic N) is 1. The summed E-state index contributed by atoms with van der Waals surface area (Å²) in [5, 5.41) is 1.05. The van der Waals surface area contributed by atoms with Crippen LogP contribution < -0.4 is 9.47 Å². The zero-order chi connectivity index (χ0) is 13.2. The molecule has 0 saturated carbocycles. The predicted molar refractivity (Wildman–Crippen MR) is 79.0 cm³/mol. The van der Waals surface area contributed by atoms with Crippen molar-refractivity contribution in [3.05, 3.63) is 24.3 Å². The third kappa shape index (κ3) is 5.74. The lowest BCUT2D eigenvalue weighted by atomic mass is 10.3. The Labute approximate surface area is 118 Å². The van der Waals surface area contributed by atoms with Crippen molar-refractivity contribution in [2.45, 2.75) is 13.3 Å². The largest absolute Gasteiger partial charge is 0.490 e. The minimum absolute atomic E-state index is 0.658. The Morgan fingerprint density at radius 2 is 1.78 bits per heavy atom. The van der Waals surface area contributed by atoms with Crippen molar-refractivity contribution in [2.24, 2.45) is 0 Å². The Bertz CT molecular complexity index is 333. The summed E-state index contributed by atoms with van der Waals surface area (Å²) in [5.74, 6) is 1.65. The van der Waals surface area contributed by atoms with Crippen molar-refractivity contribution >= 4 is 15.9 Å². The van der Waals surface area contributed by atoms with Gasteiger partial charge in [0.05, 0.1) is 6.61 Å². The molecule has 1 aromatic rings. The first-order valence-corrected chi connectivity index (χ1v) is 7.49. The summed E-state index contributed by atoms with van der Waals surface area (Å²) in [6, 6.07) is 7.81. The van der Waals surface area contributed by atoms with Gasteiger partial charge in [-0.3, -0.25) is 0 Å². The van der Waals surface area contributed by atoms with Crippen molar-refractivity contribution in [1.82, 2.24) is 4.90 Å². The summed E-state index contributed by atoms with van der Waals surface area (Å²) in [6.07, 6.45) is 1.16. The molecule has 0 atom stereocenters. The number of hydrogen-bond acceptors (Lipinski definition) is 3. The van der Waals surface area contributed by atoms with Crippen LogP contribution in [0.1, 0.15) is 13.3 Å². The number of hydrogen-bond donors (Lipinski definition) is 0. The number of likely N-dealkylation sites (N-methyl/N-ethyl adjacent to an activating group) is 1. The maximum absolute atomic E-state index is 5.76. The lowest BCUT2D eigenvalue weighted by Gasteiger charge is -2.17. The van der Waals surface area contributed by atoms with E-state index in [4.69, 9.17) is 9.47 Å². The van der Waals surface area contributed by atoms with E-state index >= 15 is 0 Å². The first-order valence-electron chi connectivity index (χ1n) is 6.37. The molecule has 1 aromatic carbocycles. The lowest BCUT2D eigenvalue weighted by Crippen LogP contribution is -2.25. The van der Waals surface area contributed by atoms with E-state index in [2.05, 4.69) is 27.9 Å². The van der Waals surface area contributed by atoms with Crippen LogP contribution in [0.15, 0.2) is 24.3 Å². The summed E-state index contributed by atoms with van der Waals surface area (Å²) in [4.78, 5) is 2.27. The second-order valence-electron chi connectivity index (χ2n) is 4.07. The number of ether oxygens (including phenoxy) is 2. The van der Waals surface area contributed by atoms with Crippen LogP contribution in [-0.4, -0.2) is 43.6 Å². The van der Waals surface area contributed by atoms with Crippen LogP contribution in [0.5, 0.6) is 11.5 Å². The monoisotopic (exact) mass is 315 g/mol. The van der Waals surface area contributed by atoms with E-state index < -0.39 is 0 Å². The summed E-state index contributed by atoms with van der Waals surface area (Å²) < 4.78 is 11.3. The van der Waals surface area contributed by atoms with Gasteiger partial charge in [0.25, 0.3) is 0 Å². The summed E-state index contributed by atoms with van der Waals surface area (Å²) >= 11 is 3.44. The number of benzene rings is 1. The highest BCUT2D eigenvalue weighted by Crippen LogP contribution is 2.26. The first-order chi connectivity index (χ1) is 8.77. The predicted octanol–water partition coefficient (Wildman–Crippen LogP) is 3.18. The Balaban J connectivity index is 2.34. The number of rotatable bonds is 9. The van der Waals surface area contributed by atoms with E-state index in [-0.39, 0.29) is 0 Å². The smallest absolute Gasteiger partial charge is 0.161 e. The van der Waals surface area contributed by atoms with E-state index in [9.17, 15) is 0 Å². The highest BCUT2D eigenvalue weighted by atomic mass is 79.9. The van der Waals surface area contributed by atoms with Gasteiger partial charge in [0.2, 0.25) is 0 Å². The fraction of sp³-hybridized carbons (Fsp3) is 0.571. The van der Waals surface area contributed by atoms with Gasteiger partial charge in [-0.05, 0) is 39.1 Å². The molecule has 102 valence electrons. The molecule has 0 aliphatic rings. The van der Waals surface area contributed by atoms with Crippen LogP contribution >= 0.6 is 15.9 Å². The SMILES string of the molecule is CCOc1ccccc1OCCN(C)CCCBr. The molecule has 0 aliphatic heterocycles. The normalized spacial score (nSPS) is 10.7. The fourth-order valence-corrected chi connectivity index (χ4v) is 1.85. The van der Waals surface area contributed by atoms with Crippen LogP contribution in [0.2, 0.25) is 0 Å². The van der Waals surface area contributed by atoms with Crippen molar-refractivity contribution in [3.63, 3.8) is 0 Å². The number of alkyl halides is 1. The van der Waals surface area contributed by atoms with E-state index in [1.807, 2.05) is 31.2 Å². The van der Waals surface area contributed by atoms with Gasteiger partial charge < -0.3 is 14.4 Å². The van der Waals surface area contributed by atoms with Crippen LogP contribution in [0.4, 0.5) is 0 Å². The van der Waals surface area contributed by atoms with Gasteiger partial charge in [-0.25, -0.2) is 0 Å². The van der Waals surface area contributed by atoms with E-state index in [0.29, 0.717) is 13.2 Å². The molecule has 0 N–H and O–H groups in total. The summed E-state index contributed by atoms with van der Waals surface area (Å²) in [5.41, 5.74) is 0. The van der Waals surface area contributed by atoms with E-state index in [0.717, 1.165) is 36.3 Å². The molecule has 0 bridgehead atoms. The standard InChI is InChI=1S/C14H22BrNO2/c1-3-17-13-7-4-5-8-14(13)18-12-11-16(2)10-6-9-15/h4-5,7-8H,3,6,9-12H2,1-2H3. The fourth-order valence-electron chi connectivity index (χ4n) is 1.60. The molecule has 4 heteroatoms. The zero-order valence-electron chi connectivity index (χ0n) is 11.2. The van der Waals surface area contributed by atoms with Gasteiger partial charge in [0.1, 0.15) is 6.61 Å². The Morgan fingerprint density at radius 3 is 2.39 bits per heavy atom. The lowest BCUT2D eigenvalue weighted by molar-refractivity contribution is 0.226. The highest BCUT2D eigenvalue weighted by molar-refractivity contribution is 9.09. The van der Waals surface area contributed by atoms with Crippen molar-refractivity contribution in [2.75, 3.05) is 38.7 Å². The van der Waals surface area contributed by atoms with E-state index in [1.165, 1.54) is 0 Å². The molecule has 0 saturated heterocycles. The molecule has 3 nitrogen and oxygen atoms in total. The third-order valence-corrected chi connectivity index (χ3v) is 3.11. The van der Waals surface area contributed by atoms with Crippen LogP contribution in [0, 0.1) is 0 Å². The van der Waals surface area contributed by atoms with Crippen molar-refractivity contribution < 1.29 is 9.47 Å². The molecule has 1 rings (SSSR count). The molecule has 0 spiro atoms. The maximum Gasteiger partial charge on any atom is 0.161 e. The minimum Gasteiger partial charge on any atom is -0.490 e. The highest BCUT2D eigenvalue weighted by Gasteiger charge is 2.04. The molecule has 18 heavy (non-hydrogen) atoms. The Hall–Kier alpha value is -0.740. The van der Waals surface area contributed by atoms with E-state index in [1.54, 1.807) is 0 Å².